The number of hydrogen-bond donors (Lipinski definition) is 0. The van der Waals surface area contributed by atoms with Crippen molar-refractivity contribution in [3.8, 4) is 22.3 Å². The summed E-state index contributed by atoms with van der Waals surface area (Å²) in [4.78, 5) is 0. The minimum Gasteiger partial charge on any atom is -0.273 e. The number of hydrogen-bond acceptors (Lipinski definition) is 0. The van der Waals surface area contributed by atoms with Crippen LogP contribution >= 0.6 is 23.2 Å². The predicted molar refractivity (Wildman–Crippen MR) is 268 cm³/mol. The van der Waals surface area contributed by atoms with Crippen molar-refractivity contribution in [2.75, 3.05) is 0 Å². The van der Waals surface area contributed by atoms with E-state index in [1.54, 1.807) is 0 Å². The molecule has 304 valence electrons. The first kappa shape index (κ1) is 43.6. The SMILES string of the molecule is CC(C)(C)c1cc2c(cc1-c1ccccc1)[cH-]c1cc(-c3ccccc3)c(C(C)(C)C)cc12.Clc1cccc2c([C](=[Zr+2])c3cccc4c(Cl)cccc34)cccc12.[C-]1=CC=CC1. The van der Waals surface area contributed by atoms with E-state index >= 15 is 0 Å². The van der Waals surface area contributed by atoms with Crippen molar-refractivity contribution in [1.29, 1.82) is 0 Å². The standard InChI is InChI=1S/C33H33.C21H12Cl2.C5H5.Zr/c1-32(2,3)30-20-26-24(18-28(30)22-13-9-7-10-14-22)17-25-19-29(23-15-11-8-12-16-23)31(21-27(25)26)33(4,5)6;22-20-11-3-7-16-14(5-1-9-18(16)20)13-15-6-2-10-19-17(15)8-4-12-21(19)23;1-2-4-5-3-1;/h7-21H,1-6H3;1-12H;1-3H,4H2;/q-1;;-1;+2. The Hall–Kier alpha value is -5.04. The van der Waals surface area contributed by atoms with Gasteiger partial charge in [0.1, 0.15) is 0 Å². The van der Waals surface area contributed by atoms with Crippen LogP contribution in [0.25, 0.3) is 65.3 Å². The predicted octanol–water partition coefficient (Wildman–Crippen LogP) is 17.4. The molecule has 0 bridgehead atoms. The van der Waals surface area contributed by atoms with Gasteiger partial charge in [-0.15, -0.1) is 46.2 Å². The Bertz CT molecular complexity index is 2920. The Kier molecular flexibility index (Phi) is 12.9. The molecule has 9 aromatic carbocycles. The summed E-state index contributed by atoms with van der Waals surface area (Å²) in [5.74, 6) is 0. The summed E-state index contributed by atoms with van der Waals surface area (Å²) < 4.78 is 1.31. The van der Waals surface area contributed by atoms with Crippen molar-refractivity contribution in [3.63, 3.8) is 0 Å². The maximum absolute atomic E-state index is 6.38. The van der Waals surface area contributed by atoms with Crippen LogP contribution < -0.4 is 0 Å². The minimum atomic E-state index is 0.0554. The Balaban J connectivity index is 0.000000159. The Morgan fingerprint density at radius 2 is 0.919 bits per heavy atom. The zero-order chi connectivity index (χ0) is 43.6. The third-order valence-electron chi connectivity index (χ3n) is 11.6. The van der Waals surface area contributed by atoms with Crippen LogP contribution in [0.3, 0.4) is 0 Å². The molecule has 9 aromatic rings. The summed E-state index contributed by atoms with van der Waals surface area (Å²) in [6.07, 6.45) is 10.0. The van der Waals surface area contributed by atoms with Gasteiger partial charge >= 0.3 is 166 Å². The fraction of sp³-hybridized carbons (Fsp3) is 0.153. The van der Waals surface area contributed by atoms with Gasteiger partial charge in [0.15, 0.2) is 0 Å². The van der Waals surface area contributed by atoms with E-state index in [4.69, 9.17) is 23.2 Å². The van der Waals surface area contributed by atoms with Crippen LogP contribution in [0.5, 0.6) is 0 Å². The molecular formula is C59H50Cl2Zr. The molecule has 0 heterocycles. The van der Waals surface area contributed by atoms with E-state index in [9.17, 15) is 0 Å². The second-order valence-electron chi connectivity index (χ2n) is 18.0. The van der Waals surface area contributed by atoms with Crippen molar-refractivity contribution in [2.45, 2.75) is 58.8 Å². The summed E-state index contributed by atoms with van der Waals surface area (Å²) >= 11 is 14.1. The van der Waals surface area contributed by atoms with Crippen molar-refractivity contribution in [1.82, 2.24) is 0 Å². The molecule has 0 unspecified atom stereocenters. The largest absolute Gasteiger partial charge is 0.273 e. The Labute approximate surface area is 392 Å². The second kappa shape index (κ2) is 18.4. The van der Waals surface area contributed by atoms with Gasteiger partial charge in [0.2, 0.25) is 0 Å². The summed E-state index contributed by atoms with van der Waals surface area (Å²) in [7, 11) is 0. The maximum Gasteiger partial charge on any atom is -0.109 e. The molecule has 0 saturated carbocycles. The minimum absolute atomic E-state index is 0.0554. The van der Waals surface area contributed by atoms with Crippen LogP contribution in [0.1, 0.15) is 70.2 Å². The molecule has 0 spiro atoms. The van der Waals surface area contributed by atoms with Gasteiger partial charge in [-0.3, -0.25) is 6.08 Å². The van der Waals surface area contributed by atoms with Crippen LogP contribution in [0.4, 0.5) is 0 Å². The van der Waals surface area contributed by atoms with Crippen molar-refractivity contribution >= 4 is 69.5 Å². The van der Waals surface area contributed by atoms with E-state index in [1.807, 2.05) is 36.4 Å². The number of benzene rings is 8. The molecule has 0 fully saturated rings. The van der Waals surface area contributed by atoms with Gasteiger partial charge in [-0.05, 0) is 44.2 Å². The summed E-state index contributed by atoms with van der Waals surface area (Å²) in [5.41, 5.74) is 10.6. The molecule has 62 heavy (non-hydrogen) atoms. The van der Waals surface area contributed by atoms with Gasteiger partial charge in [0.05, 0.1) is 0 Å². The van der Waals surface area contributed by atoms with Crippen LogP contribution in [0.15, 0.2) is 182 Å². The maximum atomic E-state index is 6.38. The molecule has 0 aromatic heterocycles. The zero-order valence-electron chi connectivity index (χ0n) is 36.3. The molecule has 0 N–H and O–H groups in total. The molecule has 0 nitrogen and oxygen atoms in total. The van der Waals surface area contributed by atoms with Crippen LogP contribution in [-0.2, 0) is 35.1 Å². The molecule has 3 heteroatoms. The summed E-state index contributed by atoms with van der Waals surface area (Å²) in [6.45, 7) is 13.9. The first-order chi connectivity index (χ1) is 29.8. The zero-order valence-corrected chi connectivity index (χ0v) is 40.3. The normalized spacial score (nSPS) is 12.4. The molecule has 0 aliphatic heterocycles. The van der Waals surface area contributed by atoms with Crippen molar-refractivity contribution < 1.29 is 24.2 Å². The van der Waals surface area contributed by atoms with Crippen LogP contribution in [-0.4, -0.2) is 3.21 Å². The Morgan fingerprint density at radius 3 is 1.29 bits per heavy atom. The monoisotopic (exact) mass is 918 g/mol. The number of halogens is 2. The van der Waals surface area contributed by atoms with Gasteiger partial charge in [-0.25, -0.2) is 12.2 Å². The fourth-order valence-electron chi connectivity index (χ4n) is 8.52. The third-order valence-corrected chi connectivity index (χ3v) is 13.6. The van der Waals surface area contributed by atoms with Crippen molar-refractivity contribution in [2.24, 2.45) is 0 Å². The average Bonchev–Trinajstić information content (AvgIpc) is 3.98. The molecule has 1 aliphatic carbocycles. The number of allylic oxidation sites excluding steroid dienone is 4. The van der Waals surface area contributed by atoms with Crippen molar-refractivity contribution in [3.05, 3.63) is 220 Å². The molecule has 10 rings (SSSR count). The molecule has 0 radical (unpaired) electrons. The van der Waals surface area contributed by atoms with Gasteiger partial charge in [0, 0.05) is 0 Å². The molecule has 0 saturated heterocycles. The average molecular weight is 921 g/mol. The van der Waals surface area contributed by atoms with Crippen LogP contribution in [0.2, 0.25) is 10.0 Å². The van der Waals surface area contributed by atoms with Gasteiger partial charge in [-0.2, -0.15) is 6.08 Å². The Morgan fingerprint density at radius 1 is 0.500 bits per heavy atom. The summed E-state index contributed by atoms with van der Waals surface area (Å²) in [6, 6.07) is 58.5. The molecule has 1 aliphatic rings. The quantitative estimate of drug-likeness (QED) is 0.154. The van der Waals surface area contributed by atoms with E-state index in [0.717, 1.165) is 27.2 Å². The molecule has 0 atom stereocenters. The van der Waals surface area contributed by atoms with E-state index in [2.05, 4.69) is 193 Å². The van der Waals surface area contributed by atoms with Gasteiger partial charge in [-0.1, -0.05) is 114 Å². The topological polar surface area (TPSA) is 0 Å². The first-order valence-corrected chi connectivity index (χ1v) is 23.3. The molecule has 0 amide bonds. The van der Waals surface area contributed by atoms with E-state index in [0.29, 0.717) is 0 Å². The summed E-state index contributed by atoms with van der Waals surface area (Å²) in [5, 5.41) is 11.5. The first-order valence-electron chi connectivity index (χ1n) is 21.3. The molecular weight excluding hydrogens is 871 g/mol. The van der Waals surface area contributed by atoms with Crippen LogP contribution in [0, 0.1) is 6.08 Å². The number of rotatable bonds is 4. The van der Waals surface area contributed by atoms with E-state index in [1.165, 1.54) is 104 Å². The van der Waals surface area contributed by atoms with E-state index < -0.39 is 0 Å². The number of fused-ring (bicyclic) bond motifs is 5. The third kappa shape index (κ3) is 9.19. The van der Waals surface area contributed by atoms with E-state index in [-0.39, 0.29) is 10.8 Å². The van der Waals surface area contributed by atoms with Gasteiger partial charge < -0.3 is 0 Å². The fourth-order valence-corrected chi connectivity index (χ4v) is 10.1. The smallest absolute Gasteiger partial charge is 0.109 e. The second-order valence-corrected chi connectivity index (χ2v) is 20.0. The van der Waals surface area contributed by atoms with Gasteiger partial charge in [0.25, 0.3) is 0 Å².